The van der Waals surface area contributed by atoms with Crippen LogP contribution in [0.1, 0.15) is 11.7 Å². The van der Waals surface area contributed by atoms with Crippen LogP contribution >= 0.6 is 11.6 Å². The van der Waals surface area contributed by atoms with Gasteiger partial charge in [0.2, 0.25) is 5.89 Å². The summed E-state index contributed by atoms with van der Waals surface area (Å²) in [5.74, 6) is 0.291. The molecule has 2 heterocycles. The molecule has 0 fully saturated rings. The van der Waals surface area contributed by atoms with E-state index < -0.39 is 12.6 Å². The molecule has 118 valence electrons. The Labute approximate surface area is 128 Å². The standard InChI is InChI=1S/C13H11ClF3N3O2/c14-8-2-1-3-9-12(8)21-5-4-20(9)7-11-18-10(19-22-11)6-13(15,16)17/h1-3H,4-7H2. The fraction of sp³-hybridized carbons (Fsp3) is 0.385. The molecular weight excluding hydrogens is 323 g/mol. The number of nitrogens with zero attached hydrogens (tertiary/aromatic N) is 3. The van der Waals surface area contributed by atoms with Crippen molar-refractivity contribution in [1.29, 1.82) is 0 Å². The maximum Gasteiger partial charge on any atom is 0.396 e. The van der Waals surface area contributed by atoms with Crippen LogP contribution in [0.5, 0.6) is 5.75 Å². The van der Waals surface area contributed by atoms with E-state index in [0.29, 0.717) is 23.9 Å². The molecular formula is C13H11ClF3N3O2. The van der Waals surface area contributed by atoms with E-state index in [0.717, 1.165) is 5.69 Å². The number of fused-ring (bicyclic) bond motifs is 1. The van der Waals surface area contributed by atoms with E-state index >= 15 is 0 Å². The predicted octanol–water partition coefficient (Wildman–Crippen LogP) is 3.23. The number of rotatable bonds is 3. The molecule has 0 atom stereocenters. The van der Waals surface area contributed by atoms with E-state index in [1.165, 1.54) is 0 Å². The first-order chi connectivity index (χ1) is 10.4. The number of halogens is 4. The van der Waals surface area contributed by atoms with Gasteiger partial charge in [0.15, 0.2) is 11.6 Å². The van der Waals surface area contributed by atoms with Crippen molar-refractivity contribution >= 4 is 17.3 Å². The van der Waals surface area contributed by atoms with Gasteiger partial charge in [-0.1, -0.05) is 22.8 Å². The zero-order chi connectivity index (χ0) is 15.7. The molecule has 0 amide bonds. The second-order valence-electron chi connectivity index (χ2n) is 4.75. The van der Waals surface area contributed by atoms with Crippen LogP contribution < -0.4 is 9.64 Å². The lowest BCUT2D eigenvalue weighted by Crippen LogP contribution is -2.32. The van der Waals surface area contributed by atoms with E-state index in [1.54, 1.807) is 12.1 Å². The molecule has 0 unspecified atom stereocenters. The number of anilines is 1. The zero-order valence-electron chi connectivity index (χ0n) is 11.2. The first kappa shape index (κ1) is 15.0. The van der Waals surface area contributed by atoms with Gasteiger partial charge in [0.05, 0.1) is 23.8 Å². The highest BCUT2D eigenvalue weighted by Gasteiger charge is 2.31. The van der Waals surface area contributed by atoms with Crippen LogP contribution in [0, 0.1) is 0 Å². The van der Waals surface area contributed by atoms with Crippen molar-refractivity contribution in [2.45, 2.75) is 19.1 Å². The lowest BCUT2D eigenvalue weighted by molar-refractivity contribution is -0.128. The number of para-hydroxylation sites is 1. The molecule has 3 rings (SSSR count). The number of benzene rings is 1. The Kier molecular flexibility index (Phi) is 3.86. The van der Waals surface area contributed by atoms with Crippen molar-refractivity contribution in [3.8, 4) is 5.75 Å². The highest BCUT2D eigenvalue weighted by molar-refractivity contribution is 6.32. The van der Waals surface area contributed by atoms with Gasteiger partial charge in [-0.05, 0) is 12.1 Å². The van der Waals surface area contributed by atoms with Crippen molar-refractivity contribution in [2.75, 3.05) is 18.1 Å². The highest BCUT2D eigenvalue weighted by atomic mass is 35.5. The minimum absolute atomic E-state index is 0.118. The summed E-state index contributed by atoms with van der Waals surface area (Å²) < 4.78 is 47.2. The van der Waals surface area contributed by atoms with E-state index in [-0.39, 0.29) is 18.3 Å². The minimum Gasteiger partial charge on any atom is -0.488 e. The largest absolute Gasteiger partial charge is 0.488 e. The van der Waals surface area contributed by atoms with Crippen LogP contribution in [0.25, 0.3) is 0 Å². The Balaban J connectivity index is 1.77. The summed E-state index contributed by atoms with van der Waals surface area (Å²) in [5, 5.41) is 3.83. The summed E-state index contributed by atoms with van der Waals surface area (Å²) in [6.07, 6.45) is -5.57. The van der Waals surface area contributed by atoms with E-state index in [1.807, 2.05) is 11.0 Å². The fourth-order valence-corrected chi connectivity index (χ4v) is 2.42. The van der Waals surface area contributed by atoms with Gasteiger partial charge >= 0.3 is 6.18 Å². The molecule has 0 radical (unpaired) electrons. The lowest BCUT2D eigenvalue weighted by Gasteiger charge is -2.30. The first-order valence-corrected chi connectivity index (χ1v) is 6.84. The molecule has 1 aromatic heterocycles. The fourth-order valence-electron chi connectivity index (χ4n) is 2.20. The third kappa shape index (κ3) is 3.27. The number of ether oxygens (including phenoxy) is 1. The number of hydrogen-bond acceptors (Lipinski definition) is 5. The summed E-state index contributed by atoms with van der Waals surface area (Å²) in [4.78, 5) is 5.64. The van der Waals surface area contributed by atoms with Crippen molar-refractivity contribution in [1.82, 2.24) is 10.1 Å². The molecule has 1 aliphatic rings. The van der Waals surface area contributed by atoms with E-state index in [2.05, 4.69) is 10.1 Å². The predicted molar refractivity (Wildman–Crippen MR) is 72.1 cm³/mol. The van der Waals surface area contributed by atoms with Gasteiger partial charge in [-0.2, -0.15) is 18.2 Å². The van der Waals surface area contributed by atoms with Crippen LogP contribution in [-0.2, 0) is 13.0 Å². The van der Waals surface area contributed by atoms with Gasteiger partial charge in [-0.25, -0.2) is 0 Å². The molecule has 0 aliphatic carbocycles. The quantitative estimate of drug-likeness (QED) is 0.863. The number of hydrogen-bond donors (Lipinski definition) is 0. The van der Waals surface area contributed by atoms with Gasteiger partial charge < -0.3 is 14.2 Å². The normalized spacial score (nSPS) is 14.6. The van der Waals surface area contributed by atoms with Crippen molar-refractivity contribution in [3.05, 3.63) is 34.9 Å². The Morgan fingerprint density at radius 2 is 2.14 bits per heavy atom. The first-order valence-electron chi connectivity index (χ1n) is 6.47. The summed E-state index contributed by atoms with van der Waals surface area (Å²) in [6.45, 7) is 1.16. The molecule has 0 saturated heterocycles. The maximum absolute atomic E-state index is 12.3. The second kappa shape index (κ2) is 5.68. The SMILES string of the molecule is FC(F)(F)Cc1noc(CN2CCOc3c(Cl)cccc32)n1. The third-order valence-corrected chi connectivity index (χ3v) is 3.39. The molecule has 1 aromatic carbocycles. The Hall–Kier alpha value is -1.96. The van der Waals surface area contributed by atoms with Gasteiger partial charge in [-0.15, -0.1) is 0 Å². The number of aromatic nitrogens is 2. The molecule has 9 heteroatoms. The smallest absolute Gasteiger partial charge is 0.396 e. The van der Waals surface area contributed by atoms with Crippen LogP contribution in [0.15, 0.2) is 22.7 Å². The van der Waals surface area contributed by atoms with Crippen LogP contribution in [0.3, 0.4) is 0 Å². The van der Waals surface area contributed by atoms with E-state index in [4.69, 9.17) is 20.9 Å². The molecule has 0 saturated carbocycles. The molecule has 2 aromatic rings. The lowest BCUT2D eigenvalue weighted by atomic mass is 10.2. The highest BCUT2D eigenvalue weighted by Crippen LogP contribution is 2.38. The second-order valence-corrected chi connectivity index (χ2v) is 5.16. The van der Waals surface area contributed by atoms with Crippen molar-refractivity contribution < 1.29 is 22.4 Å². The Morgan fingerprint density at radius 1 is 1.32 bits per heavy atom. The number of alkyl halides is 3. The van der Waals surface area contributed by atoms with Crippen molar-refractivity contribution in [3.63, 3.8) is 0 Å². The summed E-state index contributed by atoms with van der Waals surface area (Å²) in [6, 6.07) is 5.29. The Morgan fingerprint density at radius 3 is 2.91 bits per heavy atom. The van der Waals surface area contributed by atoms with Crippen LogP contribution in [-0.4, -0.2) is 29.5 Å². The molecule has 5 nitrogen and oxygen atoms in total. The van der Waals surface area contributed by atoms with Gasteiger partial charge in [0.25, 0.3) is 0 Å². The van der Waals surface area contributed by atoms with Crippen molar-refractivity contribution in [2.24, 2.45) is 0 Å². The average molecular weight is 334 g/mol. The molecule has 0 bridgehead atoms. The third-order valence-electron chi connectivity index (χ3n) is 3.09. The summed E-state index contributed by atoms with van der Waals surface area (Å²) in [5.41, 5.74) is 0.745. The van der Waals surface area contributed by atoms with Crippen LogP contribution in [0.4, 0.5) is 18.9 Å². The summed E-state index contributed by atoms with van der Waals surface area (Å²) >= 11 is 6.06. The average Bonchev–Trinajstić information content (AvgIpc) is 2.85. The monoisotopic (exact) mass is 333 g/mol. The van der Waals surface area contributed by atoms with Crippen LogP contribution in [0.2, 0.25) is 5.02 Å². The molecule has 0 spiro atoms. The van der Waals surface area contributed by atoms with Gasteiger partial charge in [0.1, 0.15) is 13.0 Å². The molecule has 1 aliphatic heterocycles. The molecule has 22 heavy (non-hydrogen) atoms. The molecule has 0 N–H and O–H groups in total. The Bertz CT molecular complexity index is 675. The topological polar surface area (TPSA) is 51.4 Å². The minimum atomic E-state index is -4.36. The van der Waals surface area contributed by atoms with Gasteiger partial charge in [0, 0.05) is 0 Å². The van der Waals surface area contributed by atoms with E-state index in [9.17, 15) is 13.2 Å². The van der Waals surface area contributed by atoms with Gasteiger partial charge in [-0.3, -0.25) is 0 Å². The zero-order valence-corrected chi connectivity index (χ0v) is 12.0. The summed E-state index contributed by atoms with van der Waals surface area (Å²) in [7, 11) is 0. The maximum atomic E-state index is 12.3.